The smallest absolute Gasteiger partial charge is 0.254 e. The minimum Gasteiger partial charge on any atom is -0.355 e. The molecule has 0 aliphatic rings. The van der Waals surface area contributed by atoms with Crippen LogP contribution < -0.4 is 5.32 Å². The van der Waals surface area contributed by atoms with Crippen molar-refractivity contribution in [1.29, 1.82) is 0 Å². The van der Waals surface area contributed by atoms with Crippen molar-refractivity contribution in [2.24, 2.45) is 0 Å². The first kappa shape index (κ1) is 10.2. The van der Waals surface area contributed by atoms with E-state index < -0.39 is 11.7 Å². The van der Waals surface area contributed by atoms with Gasteiger partial charge in [-0.25, -0.2) is 4.39 Å². The fourth-order valence-electron chi connectivity index (χ4n) is 0.966. The van der Waals surface area contributed by atoms with E-state index in [0.717, 1.165) is 5.56 Å². The second kappa shape index (κ2) is 3.87. The summed E-state index contributed by atoms with van der Waals surface area (Å²) in [4.78, 5) is 11.1. The molecule has 0 heterocycles. The van der Waals surface area contributed by atoms with Crippen LogP contribution in [0.15, 0.2) is 16.6 Å². The molecule has 2 nitrogen and oxygen atoms in total. The van der Waals surface area contributed by atoms with Crippen LogP contribution in [0.1, 0.15) is 15.9 Å². The predicted molar refractivity (Wildman–Crippen MR) is 52.2 cm³/mol. The van der Waals surface area contributed by atoms with E-state index in [1.54, 1.807) is 6.92 Å². The molecule has 1 rings (SSSR count). The average Bonchev–Trinajstić information content (AvgIpc) is 2.10. The second-order valence-electron chi connectivity index (χ2n) is 2.66. The first-order chi connectivity index (χ1) is 6.06. The average molecular weight is 246 g/mol. The van der Waals surface area contributed by atoms with Crippen molar-refractivity contribution in [3.63, 3.8) is 0 Å². The molecule has 0 bridgehead atoms. The highest BCUT2D eigenvalue weighted by Gasteiger charge is 2.11. The van der Waals surface area contributed by atoms with Gasteiger partial charge >= 0.3 is 0 Å². The van der Waals surface area contributed by atoms with Gasteiger partial charge in [0, 0.05) is 11.5 Å². The summed E-state index contributed by atoms with van der Waals surface area (Å²) in [6.45, 7) is 1.80. The lowest BCUT2D eigenvalue weighted by molar-refractivity contribution is 0.0959. The van der Waals surface area contributed by atoms with Crippen molar-refractivity contribution in [3.05, 3.63) is 33.5 Å². The van der Waals surface area contributed by atoms with E-state index in [-0.39, 0.29) is 5.56 Å². The summed E-state index contributed by atoms with van der Waals surface area (Å²) >= 11 is 3.18. The molecular formula is C9H9BrFNO. The van der Waals surface area contributed by atoms with Crippen molar-refractivity contribution in [2.75, 3.05) is 7.05 Å². The van der Waals surface area contributed by atoms with Crippen LogP contribution in [0, 0.1) is 12.7 Å². The normalized spacial score (nSPS) is 9.85. The van der Waals surface area contributed by atoms with Gasteiger partial charge in [0.05, 0.1) is 5.56 Å². The molecule has 0 aliphatic carbocycles. The number of carbonyl (C=O) groups is 1. The summed E-state index contributed by atoms with van der Waals surface area (Å²) in [5.41, 5.74) is 0.906. The predicted octanol–water partition coefficient (Wildman–Crippen LogP) is 2.26. The monoisotopic (exact) mass is 245 g/mol. The molecular weight excluding hydrogens is 237 g/mol. The molecule has 0 unspecified atom stereocenters. The molecule has 0 spiro atoms. The molecule has 0 radical (unpaired) electrons. The highest BCUT2D eigenvalue weighted by atomic mass is 79.9. The van der Waals surface area contributed by atoms with Gasteiger partial charge in [-0.3, -0.25) is 4.79 Å². The lowest BCUT2D eigenvalue weighted by Crippen LogP contribution is -2.19. The topological polar surface area (TPSA) is 29.1 Å². The molecule has 0 atom stereocenters. The van der Waals surface area contributed by atoms with Gasteiger partial charge < -0.3 is 5.32 Å². The number of nitrogens with one attached hydrogen (secondary N) is 1. The van der Waals surface area contributed by atoms with Gasteiger partial charge in [0.25, 0.3) is 5.91 Å². The third kappa shape index (κ3) is 2.06. The zero-order valence-electron chi connectivity index (χ0n) is 7.32. The van der Waals surface area contributed by atoms with Gasteiger partial charge in [0.15, 0.2) is 0 Å². The largest absolute Gasteiger partial charge is 0.355 e. The molecule has 13 heavy (non-hydrogen) atoms. The van der Waals surface area contributed by atoms with Crippen LogP contribution in [0.5, 0.6) is 0 Å². The van der Waals surface area contributed by atoms with Crippen LogP contribution in [-0.2, 0) is 0 Å². The standard InChI is InChI=1S/C9H9BrFNO/c1-5-3-6(9(13)12-2)8(11)4-7(5)10/h3-4H,1-2H3,(H,12,13). The SMILES string of the molecule is CNC(=O)c1cc(C)c(Br)cc1F. The number of aryl methyl sites for hydroxylation is 1. The molecule has 0 aromatic heterocycles. The fraction of sp³-hybridized carbons (Fsp3) is 0.222. The van der Waals surface area contributed by atoms with Crippen molar-refractivity contribution >= 4 is 21.8 Å². The highest BCUT2D eigenvalue weighted by Crippen LogP contribution is 2.20. The maximum atomic E-state index is 13.2. The van der Waals surface area contributed by atoms with Crippen molar-refractivity contribution < 1.29 is 9.18 Å². The van der Waals surface area contributed by atoms with Gasteiger partial charge in [0.2, 0.25) is 0 Å². The van der Waals surface area contributed by atoms with E-state index in [9.17, 15) is 9.18 Å². The number of amides is 1. The van der Waals surface area contributed by atoms with Gasteiger partial charge in [-0.1, -0.05) is 15.9 Å². The Kier molecular flexibility index (Phi) is 3.03. The summed E-state index contributed by atoms with van der Waals surface area (Å²) < 4.78 is 13.8. The maximum absolute atomic E-state index is 13.2. The summed E-state index contributed by atoms with van der Waals surface area (Å²) in [5, 5.41) is 2.37. The van der Waals surface area contributed by atoms with Crippen LogP contribution in [0.2, 0.25) is 0 Å². The Morgan fingerprint density at radius 3 is 2.69 bits per heavy atom. The Hall–Kier alpha value is -0.900. The van der Waals surface area contributed by atoms with Crippen LogP contribution in [-0.4, -0.2) is 13.0 Å². The highest BCUT2D eigenvalue weighted by molar-refractivity contribution is 9.10. The van der Waals surface area contributed by atoms with Crippen LogP contribution in [0.3, 0.4) is 0 Å². The van der Waals surface area contributed by atoms with E-state index in [0.29, 0.717) is 4.47 Å². The van der Waals surface area contributed by atoms with Gasteiger partial charge in [-0.15, -0.1) is 0 Å². The number of hydrogen-bond donors (Lipinski definition) is 1. The van der Waals surface area contributed by atoms with E-state index in [1.165, 1.54) is 19.2 Å². The molecule has 0 fully saturated rings. The lowest BCUT2D eigenvalue weighted by atomic mass is 10.1. The maximum Gasteiger partial charge on any atom is 0.254 e. The molecule has 1 N–H and O–H groups in total. The molecule has 0 aliphatic heterocycles. The molecule has 0 saturated heterocycles. The van der Waals surface area contributed by atoms with Crippen molar-refractivity contribution in [3.8, 4) is 0 Å². The molecule has 0 saturated carbocycles. The zero-order chi connectivity index (χ0) is 10.0. The first-order valence-electron chi connectivity index (χ1n) is 3.74. The van der Waals surface area contributed by atoms with E-state index in [4.69, 9.17) is 0 Å². The third-order valence-corrected chi connectivity index (χ3v) is 2.57. The first-order valence-corrected chi connectivity index (χ1v) is 4.53. The quantitative estimate of drug-likeness (QED) is 0.809. The summed E-state index contributed by atoms with van der Waals surface area (Å²) in [5.74, 6) is -0.926. The van der Waals surface area contributed by atoms with Crippen LogP contribution in [0.25, 0.3) is 0 Å². The number of halogens is 2. The molecule has 1 aromatic carbocycles. The number of carbonyl (C=O) groups excluding carboxylic acids is 1. The minimum absolute atomic E-state index is 0.0724. The van der Waals surface area contributed by atoms with Crippen LogP contribution >= 0.6 is 15.9 Å². The Bertz CT molecular complexity index is 352. The lowest BCUT2D eigenvalue weighted by Gasteiger charge is -2.04. The summed E-state index contributed by atoms with van der Waals surface area (Å²) in [6, 6.07) is 2.80. The van der Waals surface area contributed by atoms with E-state index >= 15 is 0 Å². The Balaban J connectivity index is 3.23. The molecule has 1 aromatic rings. The van der Waals surface area contributed by atoms with Crippen molar-refractivity contribution in [1.82, 2.24) is 5.32 Å². The molecule has 70 valence electrons. The zero-order valence-corrected chi connectivity index (χ0v) is 8.90. The summed E-state index contributed by atoms with van der Waals surface area (Å²) in [7, 11) is 1.47. The third-order valence-electron chi connectivity index (χ3n) is 1.72. The Labute approximate surface area is 84.3 Å². The van der Waals surface area contributed by atoms with Crippen LogP contribution in [0.4, 0.5) is 4.39 Å². The summed E-state index contributed by atoms with van der Waals surface area (Å²) in [6.07, 6.45) is 0. The number of hydrogen-bond acceptors (Lipinski definition) is 1. The van der Waals surface area contributed by atoms with E-state index in [1.807, 2.05) is 0 Å². The van der Waals surface area contributed by atoms with Crippen molar-refractivity contribution in [2.45, 2.75) is 6.92 Å². The van der Waals surface area contributed by atoms with E-state index in [2.05, 4.69) is 21.2 Å². The van der Waals surface area contributed by atoms with Gasteiger partial charge in [-0.2, -0.15) is 0 Å². The van der Waals surface area contributed by atoms with Gasteiger partial charge in [0.1, 0.15) is 5.82 Å². The second-order valence-corrected chi connectivity index (χ2v) is 3.51. The fourth-order valence-corrected chi connectivity index (χ4v) is 1.28. The minimum atomic E-state index is -0.517. The Morgan fingerprint density at radius 2 is 2.15 bits per heavy atom. The van der Waals surface area contributed by atoms with Gasteiger partial charge in [-0.05, 0) is 24.6 Å². The Morgan fingerprint density at radius 1 is 1.54 bits per heavy atom. The number of benzene rings is 1. The molecule has 4 heteroatoms. The number of rotatable bonds is 1. The molecule has 1 amide bonds.